The highest BCUT2D eigenvalue weighted by molar-refractivity contribution is 5.80. The van der Waals surface area contributed by atoms with Crippen LogP contribution in [0.2, 0.25) is 0 Å². The first-order chi connectivity index (χ1) is 12.4. The van der Waals surface area contributed by atoms with Crippen LogP contribution in [0.15, 0.2) is 18.2 Å². The summed E-state index contributed by atoms with van der Waals surface area (Å²) < 4.78 is 10.6. The van der Waals surface area contributed by atoms with Gasteiger partial charge in [0.2, 0.25) is 5.91 Å². The van der Waals surface area contributed by atoms with Gasteiger partial charge in [-0.05, 0) is 26.3 Å². The number of ether oxygens (including phenoxy) is 2. The van der Waals surface area contributed by atoms with Gasteiger partial charge < -0.3 is 24.6 Å². The molecule has 1 N–H and O–H groups in total. The number of methoxy groups -OCH3 is 2. The summed E-state index contributed by atoms with van der Waals surface area (Å²) in [6.07, 6.45) is 1.04. The second kappa shape index (κ2) is 9.31. The van der Waals surface area contributed by atoms with Crippen LogP contribution in [0.3, 0.4) is 0 Å². The van der Waals surface area contributed by atoms with Crippen LogP contribution in [0.4, 0.5) is 4.79 Å². The molecule has 1 aliphatic rings. The largest absolute Gasteiger partial charge is 0.497 e. The zero-order chi connectivity index (χ0) is 19.1. The Labute approximate surface area is 155 Å². The molecule has 7 nitrogen and oxygen atoms in total. The number of nitrogens with one attached hydrogen (secondary N) is 1. The van der Waals surface area contributed by atoms with E-state index in [4.69, 9.17) is 9.47 Å². The molecule has 0 bridgehead atoms. The van der Waals surface area contributed by atoms with E-state index < -0.39 is 0 Å². The lowest BCUT2D eigenvalue weighted by Crippen LogP contribution is -2.45. The van der Waals surface area contributed by atoms with Gasteiger partial charge in [-0.2, -0.15) is 0 Å². The first-order valence-corrected chi connectivity index (χ1v) is 8.98. The Morgan fingerprint density at radius 1 is 1.08 bits per heavy atom. The minimum absolute atomic E-state index is 0.0413. The summed E-state index contributed by atoms with van der Waals surface area (Å²) >= 11 is 0. The minimum atomic E-state index is -0.0638. The van der Waals surface area contributed by atoms with Crippen molar-refractivity contribution in [1.29, 1.82) is 0 Å². The summed E-state index contributed by atoms with van der Waals surface area (Å²) in [5.74, 6) is 1.38. The fourth-order valence-corrected chi connectivity index (χ4v) is 2.98. The molecule has 0 radical (unpaired) electrons. The Morgan fingerprint density at radius 3 is 2.42 bits per heavy atom. The SMILES string of the molecule is COc1ccc(CC(=O)N2CCCN(C(=O)NC(C)C)CC2)c(OC)c1. The highest BCUT2D eigenvalue weighted by Gasteiger charge is 2.23. The Hall–Kier alpha value is -2.44. The smallest absolute Gasteiger partial charge is 0.317 e. The van der Waals surface area contributed by atoms with E-state index in [1.54, 1.807) is 25.2 Å². The maximum atomic E-state index is 12.7. The van der Waals surface area contributed by atoms with Gasteiger partial charge in [0.15, 0.2) is 0 Å². The predicted molar refractivity (Wildman–Crippen MR) is 99.7 cm³/mol. The summed E-state index contributed by atoms with van der Waals surface area (Å²) in [6.45, 7) is 6.28. The fraction of sp³-hybridized carbons (Fsp3) is 0.579. The number of hydrogen-bond acceptors (Lipinski definition) is 4. The number of carbonyl (C=O) groups excluding carboxylic acids is 2. The average Bonchev–Trinajstić information content (AvgIpc) is 2.87. The van der Waals surface area contributed by atoms with Crippen molar-refractivity contribution in [1.82, 2.24) is 15.1 Å². The standard InChI is InChI=1S/C19H29N3O4/c1-14(2)20-19(24)22-9-5-8-21(10-11-22)18(23)12-15-6-7-16(25-3)13-17(15)26-4/h6-7,13-14H,5,8-12H2,1-4H3,(H,20,24). The Bertz CT molecular complexity index is 633. The molecule has 1 fully saturated rings. The second-order valence-electron chi connectivity index (χ2n) is 6.68. The zero-order valence-electron chi connectivity index (χ0n) is 16.1. The van der Waals surface area contributed by atoms with Crippen LogP contribution in [0.25, 0.3) is 0 Å². The fourth-order valence-electron chi connectivity index (χ4n) is 2.98. The Kier molecular flexibility index (Phi) is 7.12. The molecule has 0 saturated carbocycles. The van der Waals surface area contributed by atoms with Crippen LogP contribution >= 0.6 is 0 Å². The molecule has 1 aromatic rings. The number of amides is 3. The number of rotatable bonds is 5. The highest BCUT2D eigenvalue weighted by Crippen LogP contribution is 2.25. The van der Waals surface area contributed by atoms with E-state index in [1.807, 2.05) is 30.9 Å². The van der Waals surface area contributed by atoms with E-state index in [-0.39, 0.29) is 24.4 Å². The van der Waals surface area contributed by atoms with Gasteiger partial charge in [-0.1, -0.05) is 6.07 Å². The number of nitrogens with zero attached hydrogens (tertiary/aromatic N) is 2. The highest BCUT2D eigenvalue weighted by atomic mass is 16.5. The molecule has 1 saturated heterocycles. The Morgan fingerprint density at radius 2 is 1.77 bits per heavy atom. The molecule has 2 rings (SSSR count). The molecule has 7 heteroatoms. The van der Waals surface area contributed by atoms with Crippen LogP contribution in [-0.2, 0) is 11.2 Å². The lowest BCUT2D eigenvalue weighted by atomic mass is 10.1. The van der Waals surface area contributed by atoms with Crippen molar-refractivity contribution < 1.29 is 19.1 Å². The first-order valence-electron chi connectivity index (χ1n) is 8.98. The Balaban J connectivity index is 1.97. The van der Waals surface area contributed by atoms with Crippen LogP contribution in [-0.4, -0.2) is 68.2 Å². The molecule has 0 spiro atoms. The van der Waals surface area contributed by atoms with Crippen LogP contribution < -0.4 is 14.8 Å². The third-order valence-corrected chi connectivity index (χ3v) is 4.38. The molecule has 0 atom stereocenters. The molecule has 1 aliphatic heterocycles. The number of benzene rings is 1. The lowest BCUT2D eigenvalue weighted by Gasteiger charge is -2.23. The van der Waals surface area contributed by atoms with E-state index >= 15 is 0 Å². The summed E-state index contributed by atoms with van der Waals surface area (Å²) in [5, 5.41) is 2.91. The van der Waals surface area contributed by atoms with E-state index in [1.165, 1.54) is 0 Å². The molecule has 1 heterocycles. The van der Waals surface area contributed by atoms with Gasteiger partial charge in [-0.15, -0.1) is 0 Å². The van der Waals surface area contributed by atoms with Crippen LogP contribution in [0.1, 0.15) is 25.8 Å². The molecular formula is C19H29N3O4. The quantitative estimate of drug-likeness (QED) is 0.867. The molecule has 3 amide bonds. The molecule has 144 valence electrons. The summed E-state index contributed by atoms with van der Waals surface area (Å²) in [4.78, 5) is 28.5. The average molecular weight is 363 g/mol. The monoisotopic (exact) mass is 363 g/mol. The van der Waals surface area contributed by atoms with E-state index in [2.05, 4.69) is 5.32 Å². The van der Waals surface area contributed by atoms with Crippen molar-refractivity contribution in [2.45, 2.75) is 32.7 Å². The molecule has 0 aliphatic carbocycles. The molecular weight excluding hydrogens is 334 g/mol. The summed E-state index contributed by atoms with van der Waals surface area (Å²) in [7, 11) is 3.18. The van der Waals surface area contributed by atoms with Gasteiger partial charge in [0.25, 0.3) is 0 Å². The third kappa shape index (κ3) is 5.28. The zero-order valence-corrected chi connectivity index (χ0v) is 16.1. The van der Waals surface area contributed by atoms with Gasteiger partial charge in [0.05, 0.1) is 20.6 Å². The lowest BCUT2D eigenvalue weighted by molar-refractivity contribution is -0.130. The van der Waals surface area contributed by atoms with Crippen molar-refractivity contribution in [3.05, 3.63) is 23.8 Å². The molecule has 0 unspecified atom stereocenters. The van der Waals surface area contributed by atoms with Crippen molar-refractivity contribution >= 4 is 11.9 Å². The van der Waals surface area contributed by atoms with Crippen LogP contribution in [0.5, 0.6) is 11.5 Å². The third-order valence-electron chi connectivity index (χ3n) is 4.38. The van der Waals surface area contributed by atoms with E-state index in [0.29, 0.717) is 37.7 Å². The van der Waals surface area contributed by atoms with E-state index in [9.17, 15) is 9.59 Å². The van der Waals surface area contributed by atoms with Crippen molar-refractivity contribution in [3.8, 4) is 11.5 Å². The second-order valence-corrected chi connectivity index (χ2v) is 6.68. The molecule has 26 heavy (non-hydrogen) atoms. The number of hydrogen-bond donors (Lipinski definition) is 1. The van der Waals surface area contributed by atoms with Crippen LogP contribution in [0, 0.1) is 0 Å². The summed E-state index contributed by atoms with van der Waals surface area (Å²) in [5.41, 5.74) is 0.831. The van der Waals surface area contributed by atoms with Crippen molar-refractivity contribution in [2.24, 2.45) is 0 Å². The van der Waals surface area contributed by atoms with E-state index in [0.717, 1.165) is 12.0 Å². The van der Waals surface area contributed by atoms with Gasteiger partial charge in [-0.3, -0.25) is 4.79 Å². The molecule has 1 aromatic carbocycles. The van der Waals surface area contributed by atoms with Crippen molar-refractivity contribution in [2.75, 3.05) is 40.4 Å². The maximum Gasteiger partial charge on any atom is 0.317 e. The first kappa shape index (κ1) is 19.9. The number of urea groups is 1. The maximum absolute atomic E-state index is 12.7. The normalized spacial score (nSPS) is 14.8. The summed E-state index contributed by atoms with van der Waals surface area (Å²) in [6, 6.07) is 5.50. The van der Waals surface area contributed by atoms with Gasteiger partial charge in [-0.25, -0.2) is 4.79 Å². The topological polar surface area (TPSA) is 71.1 Å². The molecule has 0 aromatic heterocycles. The predicted octanol–water partition coefficient (Wildman–Crippen LogP) is 1.90. The van der Waals surface area contributed by atoms with Crippen molar-refractivity contribution in [3.63, 3.8) is 0 Å². The van der Waals surface area contributed by atoms with Gasteiger partial charge >= 0.3 is 6.03 Å². The van der Waals surface area contributed by atoms with Gasteiger partial charge in [0, 0.05) is 43.9 Å². The van der Waals surface area contributed by atoms with Gasteiger partial charge in [0.1, 0.15) is 11.5 Å². The minimum Gasteiger partial charge on any atom is -0.497 e. The number of carbonyl (C=O) groups is 2.